The van der Waals surface area contributed by atoms with Crippen LogP contribution in [0, 0.1) is 0 Å². The molecule has 2 rings (SSSR count). The molecule has 2 aromatic rings. The molecular formula is C13H17BrN4. The average Bonchev–Trinajstić information content (AvgIpc) is 2.74. The van der Waals surface area contributed by atoms with Crippen molar-refractivity contribution >= 4 is 15.9 Å². The van der Waals surface area contributed by atoms with Crippen molar-refractivity contribution in [1.29, 1.82) is 0 Å². The molecule has 18 heavy (non-hydrogen) atoms. The largest absolute Gasteiger partial charge is 0.288 e. The van der Waals surface area contributed by atoms with Crippen LogP contribution in [0.2, 0.25) is 0 Å². The number of hydrogen-bond donors (Lipinski definition) is 0. The van der Waals surface area contributed by atoms with Gasteiger partial charge < -0.3 is 0 Å². The Morgan fingerprint density at radius 3 is 2.61 bits per heavy atom. The molecule has 0 unspecified atom stereocenters. The summed E-state index contributed by atoms with van der Waals surface area (Å²) in [5.41, 5.74) is -0.0779. The van der Waals surface area contributed by atoms with E-state index in [-0.39, 0.29) is 5.41 Å². The SMILES string of the molecule is CCc1nccn1-c1cc(Br)nc(C(C)(C)C)n1. The molecule has 5 heteroatoms. The van der Waals surface area contributed by atoms with E-state index in [1.54, 1.807) is 6.20 Å². The third kappa shape index (κ3) is 2.61. The lowest BCUT2D eigenvalue weighted by Gasteiger charge is -2.18. The molecule has 2 aromatic heterocycles. The van der Waals surface area contributed by atoms with Crippen LogP contribution in [0.15, 0.2) is 23.1 Å². The smallest absolute Gasteiger partial charge is 0.142 e. The molecule has 0 N–H and O–H groups in total. The summed E-state index contributed by atoms with van der Waals surface area (Å²) in [4.78, 5) is 13.4. The van der Waals surface area contributed by atoms with Crippen molar-refractivity contribution in [3.05, 3.63) is 34.7 Å². The fourth-order valence-corrected chi connectivity index (χ4v) is 2.04. The zero-order valence-corrected chi connectivity index (χ0v) is 12.7. The van der Waals surface area contributed by atoms with Gasteiger partial charge in [0.05, 0.1) is 0 Å². The maximum absolute atomic E-state index is 4.64. The van der Waals surface area contributed by atoms with Crippen LogP contribution >= 0.6 is 15.9 Å². The number of imidazole rings is 1. The van der Waals surface area contributed by atoms with E-state index < -0.39 is 0 Å². The highest BCUT2D eigenvalue weighted by Crippen LogP contribution is 2.22. The predicted octanol–water partition coefficient (Wildman–Crippen LogP) is 3.28. The highest BCUT2D eigenvalue weighted by molar-refractivity contribution is 9.10. The van der Waals surface area contributed by atoms with Crippen LogP contribution in [0.1, 0.15) is 39.3 Å². The Kier molecular flexibility index (Phi) is 3.52. The van der Waals surface area contributed by atoms with Crippen molar-refractivity contribution in [1.82, 2.24) is 19.5 Å². The van der Waals surface area contributed by atoms with Crippen LogP contribution in [0.5, 0.6) is 0 Å². The third-order valence-electron chi connectivity index (χ3n) is 2.63. The van der Waals surface area contributed by atoms with Crippen molar-refractivity contribution < 1.29 is 0 Å². The van der Waals surface area contributed by atoms with Gasteiger partial charge in [-0.05, 0) is 15.9 Å². The normalized spacial score (nSPS) is 11.8. The summed E-state index contributed by atoms with van der Waals surface area (Å²) in [7, 11) is 0. The van der Waals surface area contributed by atoms with Gasteiger partial charge in [-0.1, -0.05) is 27.7 Å². The Bertz CT molecular complexity index is 554. The fraction of sp³-hybridized carbons (Fsp3) is 0.462. The number of halogens is 1. The van der Waals surface area contributed by atoms with E-state index in [2.05, 4.69) is 58.6 Å². The van der Waals surface area contributed by atoms with Crippen molar-refractivity contribution in [2.24, 2.45) is 0 Å². The molecule has 0 aliphatic rings. The monoisotopic (exact) mass is 308 g/mol. The van der Waals surface area contributed by atoms with Crippen LogP contribution in [-0.2, 0) is 11.8 Å². The molecule has 2 heterocycles. The third-order valence-corrected chi connectivity index (χ3v) is 3.04. The lowest BCUT2D eigenvalue weighted by atomic mass is 9.96. The first-order valence-corrected chi connectivity index (χ1v) is 6.78. The Morgan fingerprint density at radius 2 is 2.00 bits per heavy atom. The Morgan fingerprint density at radius 1 is 1.28 bits per heavy atom. The molecule has 0 bridgehead atoms. The molecular weight excluding hydrogens is 292 g/mol. The first-order valence-electron chi connectivity index (χ1n) is 5.99. The topological polar surface area (TPSA) is 43.6 Å². The van der Waals surface area contributed by atoms with E-state index in [1.165, 1.54) is 0 Å². The number of nitrogens with zero attached hydrogens (tertiary/aromatic N) is 4. The zero-order valence-electron chi connectivity index (χ0n) is 11.1. The van der Waals surface area contributed by atoms with Gasteiger partial charge in [0.2, 0.25) is 0 Å². The zero-order chi connectivity index (χ0) is 13.3. The number of aryl methyl sites for hydroxylation is 1. The highest BCUT2D eigenvalue weighted by atomic mass is 79.9. The van der Waals surface area contributed by atoms with Crippen LogP contribution in [0.3, 0.4) is 0 Å². The summed E-state index contributed by atoms with van der Waals surface area (Å²) < 4.78 is 2.80. The molecule has 0 saturated heterocycles. The van der Waals surface area contributed by atoms with Gasteiger partial charge in [0, 0.05) is 30.3 Å². The molecule has 0 fully saturated rings. The Hall–Kier alpha value is -1.23. The summed E-state index contributed by atoms with van der Waals surface area (Å²) in [5.74, 6) is 2.68. The van der Waals surface area contributed by atoms with Crippen LogP contribution in [0.4, 0.5) is 0 Å². The number of aromatic nitrogens is 4. The lowest BCUT2D eigenvalue weighted by Crippen LogP contribution is -2.18. The van der Waals surface area contributed by atoms with Gasteiger partial charge in [-0.3, -0.25) is 4.57 Å². The predicted molar refractivity (Wildman–Crippen MR) is 74.9 cm³/mol. The standard InChI is InChI=1S/C13H17BrN4/c1-5-10-15-6-7-18(10)11-8-9(14)16-12(17-11)13(2,3)4/h6-8H,5H2,1-4H3. The molecule has 0 radical (unpaired) electrons. The van der Waals surface area contributed by atoms with E-state index in [0.29, 0.717) is 0 Å². The summed E-state index contributed by atoms with van der Waals surface area (Å²) in [6, 6.07) is 1.91. The van der Waals surface area contributed by atoms with Crippen molar-refractivity contribution in [3.8, 4) is 5.82 Å². The van der Waals surface area contributed by atoms with Crippen LogP contribution < -0.4 is 0 Å². The van der Waals surface area contributed by atoms with Gasteiger partial charge in [0.1, 0.15) is 22.1 Å². The molecule has 0 spiro atoms. The average molecular weight is 309 g/mol. The van der Waals surface area contributed by atoms with Crippen molar-refractivity contribution in [3.63, 3.8) is 0 Å². The molecule has 0 aliphatic carbocycles. The Labute approximate surface area is 116 Å². The summed E-state index contributed by atoms with van der Waals surface area (Å²) in [5, 5.41) is 0. The second-order valence-electron chi connectivity index (χ2n) is 5.19. The van der Waals surface area contributed by atoms with Crippen LogP contribution in [0.25, 0.3) is 5.82 Å². The molecule has 0 amide bonds. The van der Waals surface area contributed by atoms with E-state index in [9.17, 15) is 0 Å². The van der Waals surface area contributed by atoms with E-state index in [0.717, 1.165) is 28.5 Å². The van der Waals surface area contributed by atoms with Gasteiger partial charge in [-0.15, -0.1) is 0 Å². The highest BCUT2D eigenvalue weighted by Gasteiger charge is 2.19. The quantitative estimate of drug-likeness (QED) is 0.800. The fourth-order valence-electron chi connectivity index (χ4n) is 1.67. The van der Waals surface area contributed by atoms with E-state index in [1.807, 2.05) is 16.8 Å². The first kappa shape index (κ1) is 13.2. The lowest BCUT2D eigenvalue weighted by molar-refractivity contribution is 0.541. The molecule has 0 aromatic carbocycles. The maximum atomic E-state index is 4.64. The van der Waals surface area contributed by atoms with Gasteiger partial charge >= 0.3 is 0 Å². The Balaban J connectivity index is 2.56. The van der Waals surface area contributed by atoms with Crippen molar-refractivity contribution in [2.45, 2.75) is 39.5 Å². The summed E-state index contributed by atoms with van der Waals surface area (Å²) >= 11 is 3.45. The van der Waals surface area contributed by atoms with Gasteiger partial charge in [-0.25, -0.2) is 15.0 Å². The maximum Gasteiger partial charge on any atom is 0.142 e. The second kappa shape index (κ2) is 4.80. The van der Waals surface area contributed by atoms with Gasteiger partial charge in [0.15, 0.2) is 0 Å². The second-order valence-corrected chi connectivity index (χ2v) is 6.00. The van der Waals surface area contributed by atoms with Crippen molar-refractivity contribution in [2.75, 3.05) is 0 Å². The summed E-state index contributed by atoms with van der Waals surface area (Å²) in [6.07, 6.45) is 4.60. The number of hydrogen-bond acceptors (Lipinski definition) is 3. The minimum Gasteiger partial charge on any atom is -0.288 e. The van der Waals surface area contributed by atoms with Crippen LogP contribution in [-0.4, -0.2) is 19.5 Å². The van der Waals surface area contributed by atoms with E-state index >= 15 is 0 Å². The molecule has 4 nitrogen and oxygen atoms in total. The summed E-state index contributed by atoms with van der Waals surface area (Å²) in [6.45, 7) is 8.40. The molecule has 96 valence electrons. The first-order chi connectivity index (χ1) is 8.41. The molecule has 0 aliphatic heterocycles. The molecule has 0 saturated carbocycles. The molecule has 0 atom stereocenters. The van der Waals surface area contributed by atoms with Gasteiger partial charge in [0.25, 0.3) is 0 Å². The number of rotatable bonds is 2. The van der Waals surface area contributed by atoms with Gasteiger partial charge in [-0.2, -0.15) is 0 Å². The minimum atomic E-state index is -0.0779. The van der Waals surface area contributed by atoms with E-state index in [4.69, 9.17) is 0 Å². The minimum absolute atomic E-state index is 0.0779.